The zero-order valence-electron chi connectivity index (χ0n) is 14.5. The molecule has 0 aliphatic heterocycles. The van der Waals surface area contributed by atoms with E-state index in [0.717, 1.165) is 5.56 Å². The number of ketones is 1. The molecule has 1 unspecified atom stereocenters. The Morgan fingerprint density at radius 2 is 1.65 bits per heavy atom. The van der Waals surface area contributed by atoms with E-state index in [-0.39, 0.29) is 24.8 Å². The molecule has 0 aliphatic rings. The molecular formula is C18H28N2O3. The van der Waals surface area contributed by atoms with Crippen molar-refractivity contribution in [2.24, 2.45) is 17.4 Å². The van der Waals surface area contributed by atoms with Crippen molar-refractivity contribution in [3.63, 3.8) is 0 Å². The molecule has 0 fully saturated rings. The van der Waals surface area contributed by atoms with Crippen LogP contribution >= 0.6 is 0 Å². The normalized spacial score (nSPS) is 13.5. The van der Waals surface area contributed by atoms with Gasteiger partial charge in [-0.2, -0.15) is 0 Å². The van der Waals surface area contributed by atoms with Gasteiger partial charge in [0.1, 0.15) is 6.61 Å². The standard InChI is InChI=1S/C18H28N2O3/c1-17(2,19)14(16(22)18(3,4)20)10-11-15(21)23-12-13-8-6-5-7-9-13/h5-9,14H,10-12,19-20H2,1-4H3. The lowest BCUT2D eigenvalue weighted by Gasteiger charge is -2.33. The number of rotatable bonds is 8. The maximum Gasteiger partial charge on any atom is 0.306 e. The molecule has 128 valence electrons. The third kappa shape index (κ3) is 6.50. The minimum absolute atomic E-state index is 0.138. The molecule has 1 atom stereocenters. The summed E-state index contributed by atoms with van der Waals surface area (Å²) in [4.78, 5) is 24.4. The van der Waals surface area contributed by atoms with E-state index in [4.69, 9.17) is 16.2 Å². The van der Waals surface area contributed by atoms with Crippen molar-refractivity contribution in [2.45, 2.75) is 58.2 Å². The van der Waals surface area contributed by atoms with Gasteiger partial charge in [0.05, 0.1) is 5.54 Å². The molecule has 0 spiro atoms. The monoisotopic (exact) mass is 320 g/mol. The highest BCUT2D eigenvalue weighted by molar-refractivity contribution is 5.90. The van der Waals surface area contributed by atoms with Crippen LogP contribution in [-0.2, 0) is 20.9 Å². The third-order valence-corrected chi connectivity index (χ3v) is 3.73. The summed E-state index contributed by atoms with van der Waals surface area (Å²) in [7, 11) is 0. The maximum absolute atomic E-state index is 12.4. The van der Waals surface area contributed by atoms with Gasteiger partial charge in [0.25, 0.3) is 0 Å². The molecule has 1 aromatic carbocycles. The number of hydrogen-bond acceptors (Lipinski definition) is 5. The number of esters is 1. The number of ether oxygens (including phenoxy) is 1. The van der Waals surface area contributed by atoms with E-state index >= 15 is 0 Å². The van der Waals surface area contributed by atoms with Crippen molar-refractivity contribution >= 4 is 11.8 Å². The van der Waals surface area contributed by atoms with E-state index < -0.39 is 17.0 Å². The first-order valence-electron chi connectivity index (χ1n) is 7.83. The molecule has 5 nitrogen and oxygen atoms in total. The van der Waals surface area contributed by atoms with Crippen LogP contribution in [0.3, 0.4) is 0 Å². The SMILES string of the molecule is CC(C)(N)C(=O)C(CCC(=O)OCc1ccccc1)C(C)(C)N. The second-order valence-electron chi connectivity index (χ2n) is 7.14. The first-order valence-corrected chi connectivity index (χ1v) is 7.83. The van der Waals surface area contributed by atoms with E-state index in [0.29, 0.717) is 6.42 Å². The highest BCUT2D eigenvalue weighted by Crippen LogP contribution is 2.25. The van der Waals surface area contributed by atoms with Gasteiger partial charge in [-0.05, 0) is 39.7 Å². The van der Waals surface area contributed by atoms with Gasteiger partial charge in [-0.3, -0.25) is 9.59 Å². The van der Waals surface area contributed by atoms with E-state index in [1.165, 1.54) is 0 Å². The molecular weight excluding hydrogens is 292 g/mol. The smallest absolute Gasteiger partial charge is 0.306 e. The first kappa shape index (κ1) is 19.3. The van der Waals surface area contributed by atoms with Gasteiger partial charge >= 0.3 is 5.97 Å². The van der Waals surface area contributed by atoms with Gasteiger partial charge in [0.15, 0.2) is 5.78 Å². The number of nitrogens with two attached hydrogens (primary N) is 2. The minimum Gasteiger partial charge on any atom is -0.461 e. The van der Waals surface area contributed by atoms with E-state index in [1.54, 1.807) is 27.7 Å². The summed E-state index contributed by atoms with van der Waals surface area (Å²) in [5.41, 5.74) is 11.2. The Bertz CT molecular complexity index is 527. The summed E-state index contributed by atoms with van der Waals surface area (Å²) in [5, 5.41) is 0. The lowest BCUT2D eigenvalue weighted by atomic mass is 9.76. The molecule has 0 aliphatic carbocycles. The Balaban J connectivity index is 2.58. The maximum atomic E-state index is 12.4. The van der Waals surface area contributed by atoms with E-state index in [9.17, 15) is 9.59 Å². The number of Topliss-reactive ketones (excluding diaryl/α,β-unsaturated/α-hetero) is 1. The van der Waals surface area contributed by atoms with Crippen molar-refractivity contribution in [3.05, 3.63) is 35.9 Å². The zero-order valence-corrected chi connectivity index (χ0v) is 14.5. The number of hydrogen-bond donors (Lipinski definition) is 2. The zero-order chi connectivity index (χ0) is 17.7. The van der Waals surface area contributed by atoms with Crippen LogP contribution in [0.1, 0.15) is 46.1 Å². The minimum atomic E-state index is -0.977. The first-order chi connectivity index (χ1) is 10.5. The van der Waals surface area contributed by atoms with Gasteiger partial charge in [-0.25, -0.2) is 0 Å². The topological polar surface area (TPSA) is 95.4 Å². The average molecular weight is 320 g/mol. The van der Waals surface area contributed by atoms with Crippen molar-refractivity contribution in [1.29, 1.82) is 0 Å². The average Bonchev–Trinajstić information content (AvgIpc) is 2.44. The molecule has 1 aromatic rings. The number of carbonyl (C=O) groups is 2. The lowest BCUT2D eigenvalue weighted by Crippen LogP contribution is -2.54. The van der Waals surface area contributed by atoms with Crippen LogP contribution in [-0.4, -0.2) is 22.8 Å². The van der Waals surface area contributed by atoms with E-state index in [1.807, 2.05) is 30.3 Å². The van der Waals surface area contributed by atoms with Gasteiger partial charge < -0.3 is 16.2 Å². The van der Waals surface area contributed by atoms with Crippen molar-refractivity contribution < 1.29 is 14.3 Å². The Morgan fingerprint density at radius 3 is 2.13 bits per heavy atom. The van der Waals surface area contributed by atoms with Crippen LogP contribution in [0.4, 0.5) is 0 Å². The molecule has 0 saturated carbocycles. The molecule has 1 rings (SSSR count). The predicted molar refractivity (Wildman–Crippen MR) is 90.5 cm³/mol. The molecule has 0 amide bonds. The largest absolute Gasteiger partial charge is 0.461 e. The molecule has 5 heteroatoms. The van der Waals surface area contributed by atoms with Crippen LogP contribution < -0.4 is 11.5 Å². The summed E-state index contributed by atoms with van der Waals surface area (Å²) in [6.07, 6.45) is 0.469. The Hall–Kier alpha value is -1.72. The van der Waals surface area contributed by atoms with E-state index in [2.05, 4.69) is 0 Å². The number of benzene rings is 1. The van der Waals surface area contributed by atoms with Crippen LogP contribution in [0.15, 0.2) is 30.3 Å². The molecule has 4 N–H and O–H groups in total. The summed E-state index contributed by atoms with van der Waals surface area (Å²) in [5.74, 6) is -0.974. The number of carbonyl (C=O) groups excluding carboxylic acids is 2. The van der Waals surface area contributed by atoms with Gasteiger partial charge in [-0.1, -0.05) is 30.3 Å². The van der Waals surface area contributed by atoms with Crippen LogP contribution in [0.25, 0.3) is 0 Å². The summed E-state index contributed by atoms with van der Waals surface area (Å²) in [6.45, 7) is 7.09. The van der Waals surface area contributed by atoms with Crippen LogP contribution in [0.5, 0.6) is 0 Å². The molecule has 0 saturated heterocycles. The summed E-state index contributed by atoms with van der Waals surface area (Å²) >= 11 is 0. The highest BCUT2D eigenvalue weighted by Gasteiger charge is 2.38. The second-order valence-corrected chi connectivity index (χ2v) is 7.14. The van der Waals surface area contributed by atoms with Crippen LogP contribution in [0, 0.1) is 5.92 Å². The summed E-state index contributed by atoms with van der Waals surface area (Å²) in [6, 6.07) is 9.45. The van der Waals surface area contributed by atoms with Gasteiger partial charge in [-0.15, -0.1) is 0 Å². The Labute approximate surface area is 138 Å². The third-order valence-electron chi connectivity index (χ3n) is 3.73. The summed E-state index contributed by atoms with van der Waals surface area (Å²) < 4.78 is 5.23. The fourth-order valence-electron chi connectivity index (χ4n) is 2.36. The predicted octanol–water partition coefficient (Wildman–Crippen LogP) is 2.17. The molecule has 0 heterocycles. The second kappa shape index (κ2) is 7.70. The fourth-order valence-corrected chi connectivity index (χ4v) is 2.36. The van der Waals surface area contributed by atoms with Crippen molar-refractivity contribution in [3.8, 4) is 0 Å². The van der Waals surface area contributed by atoms with Crippen molar-refractivity contribution in [2.75, 3.05) is 0 Å². The molecule has 0 aromatic heterocycles. The molecule has 0 radical (unpaired) electrons. The lowest BCUT2D eigenvalue weighted by molar-refractivity contribution is -0.145. The van der Waals surface area contributed by atoms with Gasteiger partial charge in [0.2, 0.25) is 0 Å². The fraction of sp³-hybridized carbons (Fsp3) is 0.556. The molecule has 0 bridgehead atoms. The van der Waals surface area contributed by atoms with Gasteiger partial charge in [0, 0.05) is 17.9 Å². The van der Waals surface area contributed by atoms with Crippen LogP contribution in [0.2, 0.25) is 0 Å². The Kier molecular flexibility index (Phi) is 6.47. The van der Waals surface area contributed by atoms with Crippen molar-refractivity contribution in [1.82, 2.24) is 0 Å². The molecule has 23 heavy (non-hydrogen) atoms. The Morgan fingerprint density at radius 1 is 1.09 bits per heavy atom. The highest BCUT2D eigenvalue weighted by atomic mass is 16.5. The quantitative estimate of drug-likeness (QED) is 0.716.